The minimum absolute atomic E-state index is 0.0308. The van der Waals surface area contributed by atoms with E-state index in [1.54, 1.807) is 18.2 Å². The SMILES string of the molecule is C[C@@H]1[C@H](CN2CCC(n3c(=O)[nH]c4ccccc43)CC2)O[C@H](c2ccc(-c3cccc(CNC(=O)c4c(F)c(F)c(F)c(F)c4F)c3)cc2)O[C@@H]1c1ccc(CO)cc1. The number of fused-ring (bicyclic) bond motifs is 1. The number of imidazole rings is 1. The second kappa shape index (κ2) is 16.9. The number of hydrogen-bond donors (Lipinski definition) is 3. The molecule has 6 aromatic rings. The van der Waals surface area contributed by atoms with Gasteiger partial charge >= 0.3 is 5.69 Å². The molecule has 59 heavy (non-hydrogen) atoms. The highest BCUT2D eigenvalue weighted by atomic mass is 19.2. The number of benzene rings is 5. The van der Waals surface area contributed by atoms with Crippen molar-refractivity contribution in [3.63, 3.8) is 0 Å². The van der Waals surface area contributed by atoms with Crippen molar-refractivity contribution < 1.29 is 41.3 Å². The fourth-order valence-corrected chi connectivity index (χ4v) is 8.15. The molecule has 2 aliphatic rings. The zero-order valence-corrected chi connectivity index (χ0v) is 31.9. The number of hydrogen-bond acceptors (Lipinski definition) is 6. The van der Waals surface area contributed by atoms with Crippen molar-refractivity contribution in [3.8, 4) is 11.1 Å². The van der Waals surface area contributed by atoms with Crippen LogP contribution in [0.15, 0.2) is 102 Å². The summed E-state index contributed by atoms with van der Waals surface area (Å²) in [5, 5.41) is 11.9. The van der Waals surface area contributed by atoms with Crippen LogP contribution < -0.4 is 11.0 Å². The number of aliphatic hydroxyl groups is 1. The standard InChI is InChI=1S/C45H41F5N4O5/c1-25-35(23-53-19-17-32(18-20-53)54-34-8-3-2-7-33(34)52-45(54)57)58-44(59-42(25)29-11-9-26(24-55)10-12-29)30-15-13-28(14-16-30)31-6-4-5-27(21-31)22-51-43(56)36-37(46)39(48)41(50)40(49)38(36)47/h2-16,21,25,32,35,42,44,55H,17-20,22-24H2,1H3,(H,51,56)(H,52,57)/t25-,35+,42+,44+/m1/s1. The highest BCUT2D eigenvalue weighted by molar-refractivity contribution is 5.94. The smallest absolute Gasteiger partial charge is 0.326 e. The molecule has 0 unspecified atom stereocenters. The number of halogens is 5. The number of piperidine rings is 1. The maximum Gasteiger partial charge on any atom is 0.326 e. The number of H-pyrrole nitrogens is 1. The number of amides is 1. The first kappa shape index (κ1) is 40.1. The maximum absolute atomic E-state index is 14.2. The number of likely N-dealkylation sites (tertiary alicyclic amines) is 1. The van der Waals surface area contributed by atoms with E-state index in [2.05, 4.69) is 22.1 Å². The molecule has 0 aliphatic carbocycles. The van der Waals surface area contributed by atoms with E-state index in [-0.39, 0.29) is 43.0 Å². The minimum atomic E-state index is -2.34. The Labute approximate surface area is 336 Å². The van der Waals surface area contributed by atoms with Gasteiger partial charge in [0.25, 0.3) is 5.91 Å². The highest BCUT2D eigenvalue weighted by Crippen LogP contribution is 2.42. The van der Waals surface area contributed by atoms with Crippen molar-refractivity contribution >= 4 is 16.9 Å². The lowest BCUT2D eigenvalue weighted by atomic mass is 9.89. The Morgan fingerprint density at radius 1 is 0.780 bits per heavy atom. The number of carbonyl (C=O) groups excluding carboxylic acids is 1. The molecule has 3 heterocycles. The van der Waals surface area contributed by atoms with Crippen LogP contribution in [0.5, 0.6) is 0 Å². The van der Waals surface area contributed by atoms with Crippen molar-refractivity contribution in [1.82, 2.24) is 19.8 Å². The van der Waals surface area contributed by atoms with E-state index < -0.39 is 46.8 Å². The van der Waals surface area contributed by atoms with Crippen LogP contribution in [-0.4, -0.2) is 51.2 Å². The van der Waals surface area contributed by atoms with E-state index in [0.717, 1.165) is 64.8 Å². The van der Waals surface area contributed by atoms with Gasteiger partial charge in [0, 0.05) is 43.7 Å². The minimum Gasteiger partial charge on any atom is -0.392 e. The topological polar surface area (TPSA) is 109 Å². The van der Waals surface area contributed by atoms with Crippen LogP contribution in [-0.2, 0) is 22.6 Å². The maximum atomic E-state index is 14.2. The largest absolute Gasteiger partial charge is 0.392 e. The molecule has 0 saturated carbocycles. The molecule has 3 N–H and O–H groups in total. The van der Waals surface area contributed by atoms with Gasteiger partial charge in [-0.1, -0.05) is 85.8 Å². The number of aromatic amines is 1. The monoisotopic (exact) mass is 812 g/mol. The second-order valence-corrected chi connectivity index (χ2v) is 15.1. The number of aliphatic hydroxyl groups excluding tert-OH is 1. The molecule has 0 radical (unpaired) electrons. The first-order valence-electron chi connectivity index (χ1n) is 19.4. The summed E-state index contributed by atoms with van der Waals surface area (Å²) in [5.41, 5.74) is 4.71. The molecule has 2 saturated heterocycles. The summed E-state index contributed by atoms with van der Waals surface area (Å²) in [6.45, 7) is 4.05. The van der Waals surface area contributed by atoms with Gasteiger partial charge in [0.2, 0.25) is 5.82 Å². The van der Waals surface area contributed by atoms with Crippen LogP contribution in [0.2, 0.25) is 0 Å². The number of para-hydroxylation sites is 2. The molecular formula is C45H41F5N4O5. The molecule has 9 nitrogen and oxygen atoms in total. The lowest BCUT2D eigenvalue weighted by Crippen LogP contribution is -2.47. The summed E-state index contributed by atoms with van der Waals surface area (Å²) in [4.78, 5) is 30.8. The lowest BCUT2D eigenvalue weighted by molar-refractivity contribution is -0.276. The molecule has 4 atom stereocenters. The fraction of sp³-hybridized carbons (Fsp3) is 0.289. The number of carbonyl (C=O) groups is 1. The first-order chi connectivity index (χ1) is 28.5. The van der Waals surface area contributed by atoms with E-state index >= 15 is 0 Å². The Morgan fingerprint density at radius 3 is 2.14 bits per heavy atom. The van der Waals surface area contributed by atoms with Gasteiger partial charge in [0.05, 0.1) is 29.8 Å². The zero-order chi connectivity index (χ0) is 41.4. The quantitative estimate of drug-likeness (QED) is 0.0731. The molecule has 2 fully saturated rings. The molecule has 5 aromatic carbocycles. The Balaban J connectivity index is 0.968. The first-order valence-corrected chi connectivity index (χ1v) is 19.4. The van der Waals surface area contributed by atoms with Crippen LogP contribution >= 0.6 is 0 Å². The molecule has 1 amide bonds. The van der Waals surface area contributed by atoms with Crippen LogP contribution in [0.1, 0.15) is 70.8 Å². The highest BCUT2D eigenvalue weighted by Gasteiger charge is 2.40. The molecule has 1 aromatic heterocycles. The Hall–Kier alpha value is -5.67. The third kappa shape index (κ3) is 8.05. The number of aromatic nitrogens is 2. The van der Waals surface area contributed by atoms with Crippen LogP contribution in [0.4, 0.5) is 22.0 Å². The molecule has 0 bridgehead atoms. The predicted molar refractivity (Wildman–Crippen MR) is 210 cm³/mol. The van der Waals surface area contributed by atoms with E-state index in [1.807, 2.05) is 83.4 Å². The Bertz CT molecular complexity index is 2510. The third-order valence-electron chi connectivity index (χ3n) is 11.4. The van der Waals surface area contributed by atoms with Crippen molar-refractivity contribution in [2.24, 2.45) is 5.92 Å². The van der Waals surface area contributed by atoms with Crippen molar-refractivity contribution in [3.05, 3.63) is 164 Å². The van der Waals surface area contributed by atoms with E-state index in [4.69, 9.17) is 9.47 Å². The van der Waals surface area contributed by atoms with Crippen LogP contribution in [0.3, 0.4) is 0 Å². The number of rotatable bonds is 10. The molecule has 14 heteroatoms. The van der Waals surface area contributed by atoms with Crippen molar-refractivity contribution in [2.45, 2.75) is 57.5 Å². The van der Waals surface area contributed by atoms with Gasteiger partial charge in [-0.2, -0.15) is 0 Å². The van der Waals surface area contributed by atoms with Gasteiger partial charge in [0.15, 0.2) is 29.6 Å². The molecule has 306 valence electrons. The lowest BCUT2D eigenvalue weighted by Gasteiger charge is -2.44. The van der Waals surface area contributed by atoms with Gasteiger partial charge in [-0.05, 0) is 58.9 Å². The van der Waals surface area contributed by atoms with Crippen LogP contribution in [0, 0.1) is 35.0 Å². The molecule has 8 rings (SSSR count). The van der Waals surface area contributed by atoms with E-state index in [9.17, 15) is 36.6 Å². The second-order valence-electron chi connectivity index (χ2n) is 15.1. The number of ether oxygens (including phenoxy) is 2. The van der Waals surface area contributed by atoms with Gasteiger partial charge in [-0.25, -0.2) is 26.7 Å². The summed E-state index contributed by atoms with van der Waals surface area (Å²) in [5.74, 6) is -12.6. The van der Waals surface area contributed by atoms with Crippen molar-refractivity contribution in [1.29, 1.82) is 0 Å². The summed E-state index contributed by atoms with van der Waals surface area (Å²) >= 11 is 0. The number of nitrogens with zero attached hydrogens (tertiary/aromatic N) is 2. The van der Waals surface area contributed by atoms with Gasteiger partial charge in [-0.15, -0.1) is 0 Å². The van der Waals surface area contributed by atoms with Crippen molar-refractivity contribution in [2.75, 3.05) is 19.6 Å². The average molecular weight is 813 g/mol. The summed E-state index contributed by atoms with van der Waals surface area (Å²) in [6.07, 6.45) is 0.397. The summed E-state index contributed by atoms with van der Waals surface area (Å²) in [6, 6.07) is 30.1. The third-order valence-corrected chi connectivity index (χ3v) is 11.4. The van der Waals surface area contributed by atoms with Gasteiger partial charge < -0.3 is 29.8 Å². The van der Waals surface area contributed by atoms with E-state index in [1.165, 1.54) is 0 Å². The van der Waals surface area contributed by atoms with E-state index in [0.29, 0.717) is 12.1 Å². The molecule has 0 spiro atoms. The summed E-state index contributed by atoms with van der Waals surface area (Å²) in [7, 11) is 0. The molecular weight excluding hydrogens is 772 g/mol. The summed E-state index contributed by atoms with van der Waals surface area (Å²) < 4.78 is 84.5. The van der Waals surface area contributed by atoms with Gasteiger partial charge in [-0.3, -0.25) is 9.36 Å². The fourth-order valence-electron chi connectivity index (χ4n) is 8.15. The van der Waals surface area contributed by atoms with Crippen LogP contribution in [0.25, 0.3) is 22.2 Å². The zero-order valence-electron chi connectivity index (χ0n) is 31.9. The normalized spacial score (nSPS) is 20.3. The number of nitrogens with one attached hydrogen (secondary N) is 2. The molecule has 2 aliphatic heterocycles. The predicted octanol–water partition coefficient (Wildman–Crippen LogP) is 8.24. The Kier molecular flexibility index (Phi) is 11.5. The Morgan fingerprint density at radius 2 is 1.44 bits per heavy atom. The average Bonchev–Trinajstić information content (AvgIpc) is 3.61. The van der Waals surface area contributed by atoms with Gasteiger partial charge in [0.1, 0.15) is 5.56 Å².